The largest absolute Gasteiger partial charge is 0.490 e. The zero-order valence-corrected chi connectivity index (χ0v) is 25.9. The van der Waals surface area contributed by atoms with Crippen molar-refractivity contribution in [3.8, 4) is 27.7 Å². The third kappa shape index (κ3) is 5.69. The summed E-state index contributed by atoms with van der Waals surface area (Å²) < 4.78 is 42.3. The fourth-order valence-corrected chi connectivity index (χ4v) is 6.51. The maximum Gasteiger partial charge on any atom is 0.337 e. The number of aromatic nitrogens is 4. The van der Waals surface area contributed by atoms with E-state index in [1.54, 1.807) is 56.6 Å². The molecular formula is C33H32F2N4O4S. The highest BCUT2D eigenvalue weighted by Gasteiger charge is 2.34. The molecule has 44 heavy (non-hydrogen) atoms. The van der Waals surface area contributed by atoms with Gasteiger partial charge in [0.05, 0.1) is 17.9 Å². The van der Waals surface area contributed by atoms with Crippen LogP contribution in [-0.4, -0.2) is 42.9 Å². The standard InChI is InChI=1S/C33H32F2N4O4S/c1-17-22-7-6-12-42-29(22)24(35)14-23(17)28-27(30(32(40)41)43-33(3,4)5)18(2)37-26-15-25(38-39(26)28)31-36-16-21(44-31)13-19-8-10-20(34)11-9-19/h8-11,14-16,30H,6-7,12-13H2,1-5H3,(H,40,41). The van der Waals surface area contributed by atoms with E-state index in [-0.39, 0.29) is 11.6 Å². The number of fused-ring (bicyclic) bond motifs is 2. The minimum Gasteiger partial charge on any atom is -0.490 e. The number of halogens is 2. The molecule has 0 amide bonds. The van der Waals surface area contributed by atoms with Gasteiger partial charge >= 0.3 is 5.97 Å². The van der Waals surface area contributed by atoms with Crippen molar-refractivity contribution in [2.75, 3.05) is 6.61 Å². The molecule has 0 bridgehead atoms. The van der Waals surface area contributed by atoms with Gasteiger partial charge in [-0.25, -0.2) is 28.1 Å². The minimum atomic E-state index is -1.40. The molecule has 6 rings (SSSR count). The van der Waals surface area contributed by atoms with Crippen molar-refractivity contribution >= 4 is 23.0 Å². The molecule has 11 heteroatoms. The molecule has 0 radical (unpaired) electrons. The van der Waals surface area contributed by atoms with Crippen LogP contribution in [0.25, 0.3) is 27.6 Å². The van der Waals surface area contributed by atoms with E-state index in [0.717, 1.165) is 28.0 Å². The van der Waals surface area contributed by atoms with Crippen LogP contribution in [0, 0.1) is 25.5 Å². The fourth-order valence-electron chi connectivity index (χ4n) is 5.61. The van der Waals surface area contributed by atoms with Gasteiger partial charge in [0.25, 0.3) is 0 Å². The topological polar surface area (TPSA) is 98.8 Å². The number of hydrogen-bond acceptors (Lipinski definition) is 7. The molecule has 0 fully saturated rings. The van der Waals surface area contributed by atoms with Gasteiger partial charge in [-0.05, 0) is 76.8 Å². The Bertz CT molecular complexity index is 1890. The minimum absolute atomic E-state index is 0.236. The van der Waals surface area contributed by atoms with Crippen LogP contribution in [0.2, 0.25) is 0 Å². The van der Waals surface area contributed by atoms with Gasteiger partial charge in [0.1, 0.15) is 16.5 Å². The first-order valence-electron chi connectivity index (χ1n) is 14.3. The lowest BCUT2D eigenvalue weighted by atomic mass is 9.91. The molecule has 1 atom stereocenters. The molecule has 4 heterocycles. The molecule has 1 N–H and O–H groups in total. The quantitative estimate of drug-likeness (QED) is 0.205. The SMILES string of the molecule is Cc1nc2cc(-c3ncc(Cc4ccc(F)cc4)s3)nn2c(-c2cc(F)c3c(c2C)CCCO3)c1C(OC(C)(C)C)C(=O)O. The number of ether oxygens (including phenoxy) is 2. The zero-order valence-electron chi connectivity index (χ0n) is 25.1. The van der Waals surface area contributed by atoms with Gasteiger partial charge in [-0.3, -0.25) is 0 Å². The molecule has 1 unspecified atom stereocenters. The summed E-state index contributed by atoms with van der Waals surface area (Å²) in [5, 5.41) is 15.9. The molecule has 1 aliphatic heterocycles. The molecule has 2 aromatic carbocycles. The summed E-state index contributed by atoms with van der Waals surface area (Å²) in [4.78, 5) is 23.0. The number of benzene rings is 2. The zero-order chi connectivity index (χ0) is 31.3. The predicted molar refractivity (Wildman–Crippen MR) is 163 cm³/mol. The van der Waals surface area contributed by atoms with Gasteiger partial charge < -0.3 is 14.6 Å². The van der Waals surface area contributed by atoms with E-state index in [1.165, 1.54) is 29.5 Å². The summed E-state index contributed by atoms with van der Waals surface area (Å²) in [6, 6.07) is 9.51. The predicted octanol–water partition coefficient (Wildman–Crippen LogP) is 7.27. The summed E-state index contributed by atoms with van der Waals surface area (Å²) >= 11 is 1.45. The van der Waals surface area contributed by atoms with Crippen LogP contribution in [-0.2, 0) is 22.4 Å². The Morgan fingerprint density at radius 3 is 2.64 bits per heavy atom. The van der Waals surface area contributed by atoms with E-state index < -0.39 is 23.5 Å². The normalized spacial score (nSPS) is 14.0. The third-order valence-electron chi connectivity index (χ3n) is 7.54. The molecule has 1 aliphatic rings. The Morgan fingerprint density at radius 2 is 1.93 bits per heavy atom. The number of carbonyl (C=O) groups is 1. The fraction of sp³-hybridized carbons (Fsp3) is 0.333. The summed E-state index contributed by atoms with van der Waals surface area (Å²) in [6.07, 6.45) is 2.33. The third-order valence-corrected chi connectivity index (χ3v) is 8.56. The van der Waals surface area contributed by atoms with E-state index in [1.807, 2.05) is 6.92 Å². The number of carboxylic acids is 1. The molecule has 0 saturated carbocycles. The highest BCUT2D eigenvalue weighted by molar-refractivity contribution is 7.15. The maximum absolute atomic E-state index is 15.6. The summed E-state index contributed by atoms with van der Waals surface area (Å²) in [5.41, 5.74) is 4.29. The Hall–Kier alpha value is -4.22. The molecule has 8 nitrogen and oxygen atoms in total. The summed E-state index contributed by atoms with van der Waals surface area (Å²) in [7, 11) is 0. The van der Waals surface area contributed by atoms with Gasteiger partial charge in [0.15, 0.2) is 23.3 Å². The average Bonchev–Trinajstić information content (AvgIpc) is 3.61. The van der Waals surface area contributed by atoms with E-state index in [2.05, 4.69) is 4.98 Å². The van der Waals surface area contributed by atoms with Crippen LogP contribution in [0.15, 0.2) is 42.6 Å². The molecule has 0 spiro atoms. The van der Waals surface area contributed by atoms with Crippen LogP contribution in [0.5, 0.6) is 5.75 Å². The number of aryl methyl sites for hydroxylation is 1. The second kappa shape index (κ2) is 11.4. The molecule has 3 aromatic heterocycles. The second-order valence-corrected chi connectivity index (χ2v) is 13.0. The highest BCUT2D eigenvalue weighted by atomic mass is 32.1. The summed E-state index contributed by atoms with van der Waals surface area (Å²) in [6.45, 7) is 9.40. The van der Waals surface area contributed by atoms with Gasteiger partial charge in [-0.2, -0.15) is 5.10 Å². The van der Waals surface area contributed by atoms with Crippen molar-refractivity contribution < 1.29 is 28.2 Å². The van der Waals surface area contributed by atoms with Gasteiger partial charge in [0, 0.05) is 45.9 Å². The molecule has 0 saturated heterocycles. The smallest absolute Gasteiger partial charge is 0.337 e. The van der Waals surface area contributed by atoms with Crippen LogP contribution in [0.4, 0.5) is 8.78 Å². The highest BCUT2D eigenvalue weighted by Crippen LogP contribution is 2.42. The Kier molecular flexibility index (Phi) is 7.71. The van der Waals surface area contributed by atoms with E-state index in [0.29, 0.717) is 58.3 Å². The van der Waals surface area contributed by atoms with Crippen LogP contribution in [0.3, 0.4) is 0 Å². The average molecular weight is 619 g/mol. The van der Waals surface area contributed by atoms with Crippen LogP contribution < -0.4 is 4.74 Å². The number of rotatable bonds is 7. The first-order chi connectivity index (χ1) is 20.9. The molecule has 0 aliphatic carbocycles. The van der Waals surface area contributed by atoms with Crippen molar-refractivity contribution in [3.05, 3.63) is 87.1 Å². The molecule has 5 aromatic rings. The Balaban J connectivity index is 1.55. The number of carboxylic acid groups (broad SMARTS) is 1. The van der Waals surface area contributed by atoms with Crippen molar-refractivity contribution in [3.63, 3.8) is 0 Å². The van der Waals surface area contributed by atoms with Gasteiger partial charge in [0.2, 0.25) is 0 Å². The first kappa shape index (κ1) is 29.8. The number of hydrogen-bond donors (Lipinski definition) is 1. The Morgan fingerprint density at radius 1 is 1.18 bits per heavy atom. The van der Waals surface area contributed by atoms with Gasteiger partial charge in [-0.1, -0.05) is 12.1 Å². The van der Waals surface area contributed by atoms with E-state index in [9.17, 15) is 14.3 Å². The first-order valence-corrected chi connectivity index (χ1v) is 15.2. The lowest BCUT2D eigenvalue weighted by Gasteiger charge is -2.28. The van der Waals surface area contributed by atoms with Crippen molar-refractivity contribution in [1.29, 1.82) is 0 Å². The molecule has 228 valence electrons. The van der Waals surface area contributed by atoms with Crippen LogP contribution >= 0.6 is 11.3 Å². The van der Waals surface area contributed by atoms with Crippen molar-refractivity contribution in [2.24, 2.45) is 0 Å². The maximum atomic E-state index is 15.6. The van der Waals surface area contributed by atoms with E-state index in [4.69, 9.17) is 19.6 Å². The number of aliphatic carboxylic acids is 1. The second-order valence-electron chi connectivity index (χ2n) is 11.9. The number of thiazole rings is 1. The lowest BCUT2D eigenvalue weighted by Crippen LogP contribution is -2.29. The summed E-state index contributed by atoms with van der Waals surface area (Å²) in [5.74, 6) is -1.77. The van der Waals surface area contributed by atoms with Crippen molar-refractivity contribution in [2.45, 2.75) is 65.6 Å². The van der Waals surface area contributed by atoms with Crippen molar-refractivity contribution in [1.82, 2.24) is 19.6 Å². The molecular weight excluding hydrogens is 586 g/mol. The van der Waals surface area contributed by atoms with E-state index >= 15 is 4.39 Å². The number of nitrogens with zero attached hydrogens (tertiary/aromatic N) is 4. The van der Waals surface area contributed by atoms with Crippen LogP contribution in [0.1, 0.15) is 66.1 Å². The monoisotopic (exact) mass is 618 g/mol. The van der Waals surface area contributed by atoms with Gasteiger partial charge in [-0.15, -0.1) is 11.3 Å². The Labute approximate surface area is 257 Å². The lowest BCUT2D eigenvalue weighted by molar-refractivity contribution is -0.160.